The van der Waals surface area contributed by atoms with Gasteiger partial charge in [0.1, 0.15) is 0 Å². The van der Waals surface area contributed by atoms with Gasteiger partial charge in [-0.05, 0) is 18.1 Å². The van der Waals surface area contributed by atoms with Crippen LogP contribution in [0.15, 0.2) is 24.3 Å². The van der Waals surface area contributed by atoms with Gasteiger partial charge in [0, 0.05) is 13.1 Å². The Kier molecular flexibility index (Phi) is 5.00. The molecule has 5 heteroatoms. The van der Waals surface area contributed by atoms with Gasteiger partial charge in [0.05, 0.1) is 6.42 Å². The number of rotatable bonds is 5. The Morgan fingerprint density at radius 1 is 1.24 bits per heavy atom. The molecule has 0 aliphatic heterocycles. The lowest BCUT2D eigenvalue weighted by Gasteiger charge is -2.08. The van der Waals surface area contributed by atoms with Crippen LogP contribution in [0.25, 0.3) is 0 Å². The van der Waals surface area contributed by atoms with Crippen LogP contribution < -0.4 is 10.6 Å². The highest BCUT2D eigenvalue weighted by Gasteiger charge is 2.02. The number of aryl methyl sites for hydroxylation is 1. The zero-order valence-electron chi connectivity index (χ0n) is 9.69. The van der Waals surface area contributed by atoms with Crippen molar-refractivity contribution in [3.63, 3.8) is 0 Å². The predicted octanol–water partition coefficient (Wildman–Crippen LogP) is 1.27. The highest BCUT2D eigenvalue weighted by molar-refractivity contribution is 5.75. The predicted molar refractivity (Wildman–Crippen MR) is 63.7 cm³/mol. The number of carbonyl (C=O) groups is 2. The molecule has 0 aliphatic rings. The van der Waals surface area contributed by atoms with E-state index in [0.29, 0.717) is 6.54 Å². The summed E-state index contributed by atoms with van der Waals surface area (Å²) in [6.07, 6.45) is -0.0716. The molecular formula is C12H16N2O3. The molecule has 0 spiro atoms. The summed E-state index contributed by atoms with van der Waals surface area (Å²) in [5.74, 6) is -0.927. The summed E-state index contributed by atoms with van der Waals surface area (Å²) in [5, 5.41) is 13.5. The van der Waals surface area contributed by atoms with Crippen molar-refractivity contribution < 1.29 is 14.7 Å². The van der Waals surface area contributed by atoms with E-state index >= 15 is 0 Å². The molecule has 0 unspecified atom stereocenters. The SMILES string of the molecule is Cc1ccccc1CNC(=O)NCCC(=O)O. The summed E-state index contributed by atoms with van der Waals surface area (Å²) in [6, 6.07) is 7.40. The van der Waals surface area contributed by atoms with E-state index < -0.39 is 5.97 Å². The van der Waals surface area contributed by atoms with E-state index in [1.807, 2.05) is 31.2 Å². The third-order valence-electron chi connectivity index (χ3n) is 2.33. The molecule has 1 aromatic rings. The maximum atomic E-state index is 11.3. The van der Waals surface area contributed by atoms with Crippen LogP contribution >= 0.6 is 0 Å². The van der Waals surface area contributed by atoms with Gasteiger partial charge in [0.15, 0.2) is 0 Å². The molecule has 3 N–H and O–H groups in total. The van der Waals surface area contributed by atoms with Crippen molar-refractivity contribution in [2.24, 2.45) is 0 Å². The second-order valence-corrected chi connectivity index (χ2v) is 3.68. The summed E-state index contributed by atoms with van der Waals surface area (Å²) in [6.45, 7) is 2.54. The van der Waals surface area contributed by atoms with Crippen LogP contribution in [0.3, 0.4) is 0 Å². The van der Waals surface area contributed by atoms with Crippen molar-refractivity contribution >= 4 is 12.0 Å². The first-order chi connectivity index (χ1) is 8.09. The molecule has 0 atom stereocenters. The number of aliphatic carboxylic acids is 1. The number of urea groups is 1. The lowest BCUT2D eigenvalue weighted by atomic mass is 10.1. The summed E-state index contributed by atoms with van der Waals surface area (Å²) in [7, 11) is 0. The first-order valence-corrected chi connectivity index (χ1v) is 5.37. The average molecular weight is 236 g/mol. The molecule has 0 saturated heterocycles. The monoisotopic (exact) mass is 236 g/mol. The Labute approximate surface area is 99.8 Å². The number of hydrogen-bond donors (Lipinski definition) is 3. The number of carboxylic acid groups (broad SMARTS) is 1. The molecule has 1 aromatic carbocycles. The minimum Gasteiger partial charge on any atom is -0.481 e. The van der Waals surface area contributed by atoms with Crippen LogP contribution in [-0.4, -0.2) is 23.7 Å². The Balaban J connectivity index is 2.29. The van der Waals surface area contributed by atoms with Gasteiger partial charge in [-0.3, -0.25) is 4.79 Å². The minimum absolute atomic E-state index is 0.0716. The van der Waals surface area contributed by atoms with E-state index in [4.69, 9.17) is 5.11 Å². The fraction of sp³-hybridized carbons (Fsp3) is 0.333. The third kappa shape index (κ3) is 5.01. The fourth-order valence-corrected chi connectivity index (χ4v) is 1.33. The van der Waals surface area contributed by atoms with Crippen LogP contribution in [0.4, 0.5) is 4.79 Å². The van der Waals surface area contributed by atoms with Gasteiger partial charge in [-0.15, -0.1) is 0 Å². The average Bonchev–Trinajstić information content (AvgIpc) is 2.27. The van der Waals surface area contributed by atoms with Gasteiger partial charge in [-0.2, -0.15) is 0 Å². The van der Waals surface area contributed by atoms with E-state index in [1.165, 1.54) is 0 Å². The summed E-state index contributed by atoms with van der Waals surface area (Å²) < 4.78 is 0. The van der Waals surface area contributed by atoms with Crippen LogP contribution in [0, 0.1) is 6.92 Å². The molecule has 0 bridgehead atoms. The van der Waals surface area contributed by atoms with E-state index in [9.17, 15) is 9.59 Å². The summed E-state index contributed by atoms with van der Waals surface area (Å²) in [5.41, 5.74) is 2.15. The zero-order valence-corrected chi connectivity index (χ0v) is 9.69. The standard InChI is InChI=1S/C12H16N2O3/c1-9-4-2-3-5-10(9)8-14-12(17)13-7-6-11(15)16/h2-5H,6-8H2,1H3,(H,15,16)(H2,13,14,17). The third-order valence-corrected chi connectivity index (χ3v) is 2.33. The van der Waals surface area contributed by atoms with E-state index in [1.54, 1.807) is 0 Å². The molecule has 1 rings (SSSR count). The Morgan fingerprint density at radius 2 is 1.94 bits per heavy atom. The second-order valence-electron chi connectivity index (χ2n) is 3.68. The highest BCUT2D eigenvalue weighted by atomic mass is 16.4. The van der Waals surface area contributed by atoms with Crippen molar-refractivity contribution in [2.45, 2.75) is 19.9 Å². The fourth-order valence-electron chi connectivity index (χ4n) is 1.33. The lowest BCUT2D eigenvalue weighted by Crippen LogP contribution is -2.36. The molecule has 0 saturated carbocycles. The second kappa shape index (κ2) is 6.52. The number of carbonyl (C=O) groups excluding carboxylic acids is 1. The molecule has 5 nitrogen and oxygen atoms in total. The maximum absolute atomic E-state index is 11.3. The Hall–Kier alpha value is -2.04. The van der Waals surface area contributed by atoms with Gasteiger partial charge in [-0.25, -0.2) is 4.79 Å². The van der Waals surface area contributed by atoms with E-state index in [2.05, 4.69) is 10.6 Å². The van der Waals surface area contributed by atoms with E-state index in [-0.39, 0.29) is 19.0 Å². The first-order valence-electron chi connectivity index (χ1n) is 5.37. The number of benzene rings is 1. The van der Waals surface area contributed by atoms with Gasteiger partial charge < -0.3 is 15.7 Å². The van der Waals surface area contributed by atoms with Crippen LogP contribution in [-0.2, 0) is 11.3 Å². The molecule has 2 amide bonds. The first kappa shape index (κ1) is 13.0. The van der Waals surface area contributed by atoms with E-state index in [0.717, 1.165) is 11.1 Å². The van der Waals surface area contributed by atoms with Crippen molar-refractivity contribution in [1.29, 1.82) is 0 Å². The molecule has 17 heavy (non-hydrogen) atoms. The molecule has 0 aromatic heterocycles. The summed E-state index contributed by atoms with van der Waals surface area (Å²) in [4.78, 5) is 21.5. The van der Waals surface area contributed by atoms with Gasteiger partial charge >= 0.3 is 12.0 Å². The molecule has 0 aliphatic carbocycles. The largest absolute Gasteiger partial charge is 0.481 e. The lowest BCUT2D eigenvalue weighted by molar-refractivity contribution is -0.136. The number of carboxylic acids is 1. The van der Waals surface area contributed by atoms with Crippen LogP contribution in [0.5, 0.6) is 0 Å². The van der Waals surface area contributed by atoms with Crippen molar-refractivity contribution in [3.05, 3.63) is 35.4 Å². The Bertz CT molecular complexity index is 404. The molecule has 92 valence electrons. The van der Waals surface area contributed by atoms with Crippen LogP contribution in [0.2, 0.25) is 0 Å². The summed E-state index contributed by atoms with van der Waals surface area (Å²) >= 11 is 0. The van der Waals surface area contributed by atoms with Gasteiger partial charge in [0.2, 0.25) is 0 Å². The molecular weight excluding hydrogens is 220 g/mol. The molecule has 0 heterocycles. The van der Waals surface area contributed by atoms with Crippen LogP contribution in [0.1, 0.15) is 17.5 Å². The smallest absolute Gasteiger partial charge is 0.315 e. The number of nitrogens with one attached hydrogen (secondary N) is 2. The van der Waals surface area contributed by atoms with Crippen molar-refractivity contribution in [3.8, 4) is 0 Å². The minimum atomic E-state index is -0.927. The highest BCUT2D eigenvalue weighted by Crippen LogP contribution is 2.05. The quantitative estimate of drug-likeness (QED) is 0.720. The maximum Gasteiger partial charge on any atom is 0.315 e. The normalized spacial score (nSPS) is 9.71. The number of hydrogen-bond acceptors (Lipinski definition) is 2. The number of amides is 2. The van der Waals surface area contributed by atoms with Crippen molar-refractivity contribution in [2.75, 3.05) is 6.54 Å². The topological polar surface area (TPSA) is 78.4 Å². The molecule has 0 radical (unpaired) electrons. The van der Waals surface area contributed by atoms with Gasteiger partial charge in [-0.1, -0.05) is 24.3 Å². The van der Waals surface area contributed by atoms with Crippen molar-refractivity contribution in [1.82, 2.24) is 10.6 Å². The van der Waals surface area contributed by atoms with Gasteiger partial charge in [0.25, 0.3) is 0 Å². The molecule has 0 fully saturated rings. The zero-order chi connectivity index (χ0) is 12.7. The Morgan fingerprint density at radius 3 is 2.59 bits per heavy atom.